The van der Waals surface area contributed by atoms with Crippen molar-refractivity contribution < 1.29 is 9.53 Å². The van der Waals surface area contributed by atoms with Crippen molar-refractivity contribution in [2.75, 3.05) is 11.9 Å². The van der Waals surface area contributed by atoms with Gasteiger partial charge in [0.05, 0.1) is 5.69 Å². The minimum atomic E-state index is -0.199. The SMILES string of the molecule is O=C(COc1ccccc1)Nc1cccc(/C=C/c2ccccn2)c1. The van der Waals surface area contributed by atoms with Gasteiger partial charge in [-0.15, -0.1) is 0 Å². The van der Waals surface area contributed by atoms with Gasteiger partial charge in [-0.3, -0.25) is 9.78 Å². The van der Waals surface area contributed by atoms with Crippen LogP contribution < -0.4 is 10.1 Å². The summed E-state index contributed by atoms with van der Waals surface area (Å²) in [4.78, 5) is 16.3. The zero-order valence-corrected chi connectivity index (χ0v) is 13.6. The first-order valence-corrected chi connectivity index (χ1v) is 7.96. The topological polar surface area (TPSA) is 51.2 Å². The molecule has 2 aromatic carbocycles. The number of ether oxygens (including phenoxy) is 1. The third kappa shape index (κ3) is 5.32. The minimum Gasteiger partial charge on any atom is -0.484 e. The molecule has 3 aromatic rings. The van der Waals surface area contributed by atoms with Crippen LogP contribution in [0.4, 0.5) is 5.69 Å². The van der Waals surface area contributed by atoms with Crippen molar-refractivity contribution in [3.05, 3.63) is 90.3 Å². The highest BCUT2D eigenvalue weighted by Gasteiger charge is 2.03. The smallest absolute Gasteiger partial charge is 0.262 e. The molecule has 124 valence electrons. The zero-order valence-electron chi connectivity index (χ0n) is 13.6. The van der Waals surface area contributed by atoms with E-state index in [0.717, 1.165) is 16.9 Å². The van der Waals surface area contributed by atoms with E-state index >= 15 is 0 Å². The predicted molar refractivity (Wildman–Crippen MR) is 100 cm³/mol. The van der Waals surface area contributed by atoms with Gasteiger partial charge in [0.25, 0.3) is 5.91 Å². The first-order valence-electron chi connectivity index (χ1n) is 7.96. The fourth-order valence-corrected chi connectivity index (χ4v) is 2.24. The number of benzene rings is 2. The van der Waals surface area contributed by atoms with Crippen molar-refractivity contribution >= 4 is 23.7 Å². The van der Waals surface area contributed by atoms with Crippen LogP contribution in [0.15, 0.2) is 79.0 Å². The molecule has 0 radical (unpaired) electrons. The number of amides is 1. The van der Waals surface area contributed by atoms with Crippen LogP contribution in [0.3, 0.4) is 0 Å². The Morgan fingerprint density at radius 3 is 2.60 bits per heavy atom. The molecule has 0 unspecified atom stereocenters. The van der Waals surface area contributed by atoms with Gasteiger partial charge < -0.3 is 10.1 Å². The van der Waals surface area contributed by atoms with E-state index in [1.165, 1.54) is 0 Å². The molecule has 1 N–H and O–H groups in total. The Labute approximate surface area is 146 Å². The monoisotopic (exact) mass is 330 g/mol. The first kappa shape index (κ1) is 16.5. The molecule has 0 spiro atoms. The molecular weight excluding hydrogens is 312 g/mol. The number of carbonyl (C=O) groups is 1. The number of aromatic nitrogens is 1. The second-order valence-corrected chi connectivity index (χ2v) is 5.36. The Kier molecular flexibility index (Phi) is 5.56. The molecule has 4 heteroatoms. The molecule has 0 atom stereocenters. The lowest BCUT2D eigenvalue weighted by molar-refractivity contribution is -0.118. The Morgan fingerprint density at radius 1 is 0.960 bits per heavy atom. The molecule has 4 nitrogen and oxygen atoms in total. The summed E-state index contributed by atoms with van der Waals surface area (Å²) in [7, 11) is 0. The second-order valence-electron chi connectivity index (χ2n) is 5.36. The highest BCUT2D eigenvalue weighted by atomic mass is 16.5. The first-order chi connectivity index (χ1) is 12.3. The van der Waals surface area contributed by atoms with Gasteiger partial charge in [0, 0.05) is 11.9 Å². The molecule has 0 fully saturated rings. The molecule has 0 saturated carbocycles. The third-order valence-electron chi connectivity index (χ3n) is 3.42. The quantitative estimate of drug-likeness (QED) is 0.734. The summed E-state index contributed by atoms with van der Waals surface area (Å²) in [5.41, 5.74) is 2.59. The lowest BCUT2D eigenvalue weighted by atomic mass is 10.1. The summed E-state index contributed by atoms with van der Waals surface area (Å²) in [5.74, 6) is 0.472. The van der Waals surface area contributed by atoms with E-state index in [9.17, 15) is 4.79 Å². The predicted octanol–water partition coefficient (Wildman–Crippen LogP) is 4.27. The summed E-state index contributed by atoms with van der Waals surface area (Å²) in [5, 5.41) is 2.84. The van der Waals surface area contributed by atoms with E-state index in [0.29, 0.717) is 5.75 Å². The van der Waals surface area contributed by atoms with E-state index in [-0.39, 0.29) is 12.5 Å². The number of hydrogen-bond acceptors (Lipinski definition) is 3. The van der Waals surface area contributed by atoms with Gasteiger partial charge in [0.15, 0.2) is 6.61 Å². The van der Waals surface area contributed by atoms with Gasteiger partial charge in [-0.25, -0.2) is 0 Å². The molecule has 0 aliphatic carbocycles. The van der Waals surface area contributed by atoms with E-state index in [2.05, 4.69) is 10.3 Å². The number of hydrogen-bond donors (Lipinski definition) is 1. The molecule has 0 aliphatic heterocycles. The highest BCUT2D eigenvalue weighted by molar-refractivity contribution is 5.92. The molecule has 0 saturated heterocycles. The minimum absolute atomic E-state index is 0.0297. The van der Waals surface area contributed by atoms with Gasteiger partial charge in [-0.1, -0.05) is 42.5 Å². The van der Waals surface area contributed by atoms with E-state index < -0.39 is 0 Å². The molecule has 1 aromatic heterocycles. The lowest BCUT2D eigenvalue weighted by Gasteiger charge is -2.08. The fraction of sp³-hybridized carbons (Fsp3) is 0.0476. The number of rotatable bonds is 6. The number of anilines is 1. The molecule has 0 bridgehead atoms. The van der Waals surface area contributed by atoms with Crippen molar-refractivity contribution in [3.8, 4) is 5.75 Å². The van der Waals surface area contributed by atoms with Crippen molar-refractivity contribution in [3.63, 3.8) is 0 Å². The Balaban J connectivity index is 1.57. The second kappa shape index (κ2) is 8.45. The molecule has 3 rings (SSSR count). The molecule has 25 heavy (non-hydrogen) atoms. The lowest BCUT2D eigenvalue weighted by Crippen LogP contribution is -2.20. The number of carbonyl (C=O) groups excluding carboxylic acids is 1. The number of nitrogens with zero attached hydrogens (tertiary/aromatic N) is 1. The average molecular weight is 330 g/mol. The van der Waals surface area contributed by atoms with Gasteiger partial charge in [-0.05, 0) is 48.0 Å². The van der Waals surface area contributed by atoms with Gasteiger partial charge >= 0.3 is 0 Å². The largest absolute Gasteiger partial charge is 0.484 e. The Bertz CT molecular complexity index is 846. The van der Waals surface area contributed by atoms with E-state index in [4.69, 9.17) is 4.74 Å². The van der Waals surface area contributed by atoms with E-state index in [1.807, 2.05) is 84.9 Å². The van der Waals surface area contributed by atoms with Crippen LogP contribution >= 0.6 is 0 Å². The summed E-state index contributed by atoms with van der Waals surface area (Å²) >= 11 is 0. The normalized spacial score (nSPS) is 10.6. The van der Waals surface area contributed by atoms with Crippen LogP contribution in [0.25, 0.3) is 12.2 Å². The maximum atomic E-state index is 12.0. The van der Waals surface area contributed by atoms with E-state index in [1.54, 1.807) is 6.20 Å². The van der Waals surface area contributed by atoms with Crippen LogP contribution in [0, 0.1) is 0 Å². The summed E-state index contributed by atoms with van der Waals surface area (Å²) in [6.07, 6.45) is 5.64. The Hall–Kier alpha value is -3.40. The van der Waals surface area contributed by atoms with Gasteiger partial charge in [0.2, 0.25) is 0 Å². The fourth-order valence-electron chi connectivity index (χ4n) is 2.24. The summed E-state index contributed by atoms with van der Waals surface area (Å²) < 4.78 is 5.44. The molecule has 1 heterocycles. The maximum absolute atomic E-state index is 12.0. The van der Waals surface area contributed by atoms with Crippen molar-refractivity contribution in [2.24, 2.45) is 0 Å². The summed E-state index contributed by atoms with van der Waals surface area (Å²) in [6.45, 7) is -0.0297. The van der Waals surface area contributed by atoms with Crippen LogP contribution in [0.2, 0.25) is 0 Å². The third-order valence-corrected chi connectivity index (χ3v) is 3.42. The molecule has 0 aliphatic rings. The molecule has 1 amide bonds. The average Bonchev–Trinajstić information content (AvgIpc) is 2.67. The van der Waals surface area contributed by atoms with Crippen molar-refractivity contribution in [1.82, 2.24) is 4.98 Å². The van der Waals surface area contributed by atoms with Crippen LogP contribution in [0.5, 0.6) is 5.75 Å². The standard InChI is InChI=1S/C21H18N2O2/c24-21(16-25-20-10-2-1-3-11-20)23-19-9-6-7-17(15-19)12-13-18-8-4-5-14-22-18/h1-15H,16H2,(H,23,24)/b13-12+. The maximum Gasteiger partial charge on any atom is 0.262 e. The number of nitrogens with one attached hydrogen (secondary N) is 1. The van der Waals surface area contributed by atoms with Gasteiger partial charge in [-0.2, -0.15) is 0 Å². The van der Waals surface area contributed by atoms with Crippen LogP contribution in [-0.4, -0.2) is 17.5 Å². The van der Waals surface area contributed by atoms with Crippen molar-refractivity contribution in [1.29, 1.82) is 0 Å². The van der Waals surface area contributed by atoms with Crippen LogP contribution in [-0.2, 0) is 4.79 Å². The highest BCUT2D eigenvalue weighted by Crippen LogP contribution is 2.14. The van der Waals surface area contributed by atoms with Crippen LogP contribution in [0.1, 0.15) is 11.3 Å². The summed E-state index contributed by atoms with van der Waals surface area (Å²) in [6, 6.07) is 22.6. The Morgan fingerprint density at radius 2 is 1.80 bits per heavy atom. The molecular formula is C21H18N2O2. The zero-order chi connectivity index (χ0) is 17.3. The number of para-hydroxylation sites is 1. The number of pyridine rings is 1. The van der Waals surface area contributed by atoms with Crippen molar-refractivity contribution in [2.45, 2.75) is 0 Å². The van der Waals surface area contributed by atoms with Gasteiger partial charge in [0.1, 0.15) is 5.75 Å².